The van der Waals surface area contributed by atoms with Gasteiger partial charge in [0.15, 0.2) is 0 Å². The molecule has 0 unspecified atom stereocenters. The molecule has 7 nitrogen and oxygen atoms in total. The molecule has 0 radical (unpaired) electrons. The smallest absolute Gasteiger partial charge is 0.229 e. The van der Waals surface area contributed by atoms with Crippen molar-refractivity contribution >= 4 is 39.7 Å². The fourth-order valence-electron chi connectivity index (χ4n) is 3.04. The molecular formula is C22H26BrN3O4S. The van der Waals surface area contributed by atoms with Gasteiger partial charge >= 0.3 is 0 Å². The van der Waals surface area contributed by atoms with Gasteiger partial charge in [-0.3, -0.25) is 9.51 Å². The van der Waals surface area contributed by atoms with Gasteiger partial charge in [-0.1, -0.05) is 62.7 Å². The summed E-state index contributed by atoms with van der Waals surface area (Å²) in [5.74, 6) is 0.839. The summed E-state index contributed by atoms with van der Waals surface area (Å²) in [7, 11) is 1.87. The summed E-state index contributed by atoms with van der Waals surface area (Å²) in [5.41, 5.74) is 6.07. The minimum atomic E-state index is 0.219. The van der Waals surface area contributed by atoms with E-state index in [1.807, 2.05) is 36.5 Å². The zero-order chi connectivity index (χ0) is 22.4. The molecule has 0 aliphatic carbocycles. The second kappa shape index (κ2) is 11.0. The van der Waals surface area contributed by atoms with Gasteiger partial charge < -0.3 is 9.26 Å². The highest BCUT2D eigenvalue weighted by atomic mass is 79.9. The van der Waals surface area contributed by atoms with Crippen molar-refractivity contribution in [3.05, 3.63) is 64.9 Å². The molecule has 0 fully saturated rings. The van der Waals surface area contributed by atoms with Gasteiger partial charge in [-0.05, 0) is 43.5 Å². The Morgan fingerprint density at radius 2 is 1.94 bits per heavy atom. The van der Waals surface area contributed by atoms with Crippen molar-refractivity contribution in [3.63, 3.8) is 0 Å². The molecule has 31 heavy (non-hydrogen) atoms. The molecule has 0 saturated heterocycles. The van der Waals surface area contributed by atoms with Crippen LogP contribution in [-0.4, -0.2) is 24.0 Å². The van der Waals surface area contributed by atoms with Crippen LogP contribution in [0.4, 0.5) is 11.5 Å². The fourth-order valence-corrected chi connectivity index (χ4v) is 3.86. The number of halogens is 1. The molecule has 0 saturated carbocycles. The van der Waals surface area contributed by atoms with Crippen molar-refractivity contribution in [1.29, 1.82) is 0 Å². The molecule has 1 heterocycles. The van der Waals surface area contributed by atoms with Crippen LogP contribution in [-0.2, 0) is 21.0 Å². The third kappa shape index (κ3) is 5.61. The molecule has 0 atom stereocenters. The molecule has 3 aromatic rings. The zero-order valence-electron chi connectivity index (χ0n) is 18.0. The Kier molecular flexibility index (Phi) is 8.39. The van der Waals surface area contributed by atoms with E-state index in [1.165, 1.54) is 5.56 Å². The van der Waals surface area contributed by atoms with E-state index in [4.69, 9.17) is 13.5 Å². The van der Waals surface area contributed by atoms with Crippen LogP contribution in [0.2, 0.25) is 0 Å². The van der Waals surface area contributed by atoms with Gasteiger partial charge in [-0.25, -0.2) is 0 Å². The maximum absolute atomic E-state index is 10.2. The SMILES string of the molecule is CCOCc1cc(CBr)ccc1-c1ccccc1N(C)SON(O)c1noc(C)c1C. The van der Waals surface area contributed by atoms with Crippen molar-refractivity contribution in [2.75, 3.05) is 23.2 Å². The molecule has 0 bridgehead atoms. The van der Waals surface area contributed by atoms with Gasteiger partial charge in [0.05, 0.1) is 12.3 Å². The largest absolute Gasteiger partial charge is 0.377 e. The number of rotatable bonds is 10. The summed E-state index contributed by atoms with van der Waals surface area (Å²) in [6.45, 7) is 6.74. The van der Waals surface area contributed by atoms with Crippen molar-refractivity contribution in [2.24, 2.45) is 0 Å². The average Bonchev–Trinajstić information content (AvgIpc) is 3.13. The number of hydrogen-bond donors (Lipinski definition) is 1. The molecule has 1 N–H and O–H groups in total. The lowest BCUT2D eigenvalue weighted by atomic mass is 9.97. The van der Waals surface area contributed by atoms with Crippen LogP contribution < -0.4 is 9.53 Å². The van der Waals surface area contributed by atoms with Crippen LogP contribution in [0, 0.1) is 13.8 Å². The number of hydrogen-bond acceptors (Lipinski definition) is 8. The lowest BCUT2D eigenvalue weighted by Gasteiger charge is -2.23. The summed E-state index contributed by atoms with van der Waals surface area (Å²) in [4.78, 5) is 0. The number of aromatic nitrogens is 1. The van der Waals surface area contributed by atoms with Gasteiger partial charge in [0.2, 0.25) is 5.82 Å². The van der Waals surface area contributed by atoms with Crippen LogP contribution in [0.5, 0.6) is 0 Å². The van der Waals surface area contributed by atoms with Crippen molar-refractivity contribution in [3.8, 4) is 11.1 Å². The molecule has 166 valence electrons. The van der Waals surface area contributed by atoms with Crippen LogP contribution >= 0.6 is 28.2 Å². The maximum Gasteiger partial charge on any atom is 0.229 e. The normalized spacial score (nSPS) is 11.0. The Morgan fingerprint density at radius 1 is 1.16 bits per heavy atom. The minimum absolute atomic E-state index is 0.219. The van der Waals surface area contributed by atoms with Crippen molar-refractivity contribution in [2.45, 2.75) is 32.7 Å². The van der Waals surface area contributed by atoms with E-state index in [9.17, 15) is 5.21 Å². The highest BCUT2D eigenvalue weighted by Gasteiger charge is 2.19. The highest BCUT2D eigenvalue weighted by molar-refractivity contribution is 9.08. The number of aryl methyl sites for hydroxylation is 1. The summed E-state index contributed by atoms with van der Waals surface area (Å²) in [6.07, 6.45) is 0. The van der Waals surface area contributed by atoms with Gasteiger partial charge in [0.25, 0.3) is 0 Å². The van der Waals surface area contributed by atoms with Crippen molar-refractivity contribution in [1.82, 2.24) is 5.16 Å². The van der Waals surface area contributed by atoms with Crippen LogP contribution in [0.3, 0.4) is 0 Å². The van der Waals surface area contributed by atoms with E-state index >= 15 is 0 Å². The topological polar surface area (TPSA) is 71.2 Å². The summed E-state index contributed by atoms with van der Waals surface area (Å²) < 4.78 is 18.1. The third-order valence-electron chi connectivity index (χ3n) is 4.85. The molecule has 0 amide bonds. The summed E-state index contributed by atoms with van der Waals surface area (Å²) in [5, 5.41) is 15.4. The maximum atomic E-state index is 10.2. The molecule has 0 aliphatic heterocycles. The van der Waals surface area contributed by atoms with E-state index < -0.39 is 0 Å². The molecule has 1 aromatic heterocycles. The third-order valence-corrected chi connectivity index (χ3v) is 6.12. The van der Waals surface area contributed by atoms with Crippen LogP contribution in [0.25, 0.3) is 11.1 Å². The number of para-hydroxylation sites is 1. The molecule has 9 heteroatoms. The first-order chi connectivity index (χ1) is 15.0. The Balaban J connectivity index is 1.84. The monoisotopic (exact) mass is 507 g/mol. The number of nitrogens with zero attached hydrogens (tertiary/aromatic N) is 3. The van der Waals surface area contributed by atoms with E-state index in [0.29, 0.717) is 29.8 Å². The lowest BCUT2D eigenvalue weighted by molar-refractivity contribution is 0.0651. The first-order valence-electron chi connectivity index (χ1n) is 9.81. The quantitative estimate of drug-likeness (QED) is 0.150. The number of alkyl halides is 1. The van der Waals surface area contributed by atoms with Crippen LogP contribution in [0.1, 0.15) is 29.4 Å². The van der Waals surface area contributed by atoms with E-state index in [0.717, 1.165) is 39.9 Å². The Labute approximate surface area is 195 Å². The summed E-state index contributed by atoms with van der Waals surface area (Å²) >= 11 is 4.51. The van der Waals surface area contributed by atoms with Gasteiger partial charge in [0.1, 0.15) is 18.0 Å². The Bertz CT molecular complexity index is 1010. The Morgan fingerprint density at radius 3 is 2.61 bits per heavy atom. The fraction of sp³-hybridized carbons (Fsp3) is 0.318. The van der Waals surface area contributed by atoms with Crippen molar-refractivity contribution < 1.29 is 18.8 Å². The lowest BCUT2D eigenvalue weighted by Crippen LogP contribution is -2.20. The van der Waals surface area contributed by atoms with Crippen LogP contribution in [0.15, 0.2) is 47.0 Å². The average molecular weight is 508 g/mol. The standard InChI is InChI=1S/C22H26BrN3O4S/c1-5-28-14-18-12-17(13-23)10-11-19(18)20-8-6-7-9-21(20)25(4)31-30-26(27)22-15(2)16(3)29-24-22/h6-12,27H,5,13-14H2,1-4H3. The highest BCUT2D eigenvalue weighted by Crippen LogP contribution is 2.36. The second-order valence-corrected chi connectivity index (χ2v) is 8.29. The molecule has 0 aliphatic rings. The van der Waals surface area contributed by atoms with E-state index in [2.05, 4.69) is 45.4 Å². The zero-order valence-corrected chi connectivity index (χ0v) is 20.4. The minimum Gasteiger partial charge on any atom is -0.377 e. The Hall–Kier alpha value is -2.04. The predicted octanol–water partition coefficient (Wildman–Crippen LogP) is 6.22. The first-order valence-corrected chi connectivity index (χ1v) is 11.6. The predicted molar refractivity (Wildman–Crippen MR) is 127 cm³/mol. The first kappa shape index (κ1) is 23.6. The molecule has 3 rings (SSSR count). The van der Waals surface area contributed by atoms with Gasteiger partial charge in [-0.15, -0.1) is 0 Å². The summed E-state index contributed by atoms with van der Waals surface area (Å²) in [6, 6.07) is 14.4. The molecule has 2 aromatic carbocycles. The van der Waals surface area contributed by atoms with Gasteiger partial charge in [0, 0.05) is 30.1 Å². The number of anilines is 2. The number of benzene rings is 2. The van der Waals surface area contributed by atoms with E-state index in [1.54, 1.807) is 13.8 Å². The molecule has 0 spiro atoms. The molecular weight excluding hydrogens is 482 g/mol. The van der Waals surface area contributed by atoms with E-state index in [-0.39, 0.29) is 5.82 Å². The second-order valence-electron chi connectivity index (χ2n) is 6.89. The number of ether oxygens (including phenoxy) is 1. The van der Waals surface area contributed by atoms with Gasteiger partial charge in [-0.2, -0.15) is 4.28 Å².